The predicted octanol–water partition coefficient (Wildman–Crippen LogP) is 4.54. The van der Waals surface area contributed by atoms with E-state index in [4.69, 9.17) is 11.6 Å². The molecule has 0 aliphatic rings. The van der Waals surface area contributed by atoms with Crippen LogP contribution in [0.25, 0.3) is 0 Å². The van der Waals surface area contributed by atoms with E-state index in [0.717, 1.165) is 11.3 Å². The maximum absolute atomic E-state index is 13.5. The van der Waals surface area contributed by atoms with E-state index < -0.39 is 5.82 Å². The molecule has 1 N–H and O–H groups in total. The van der Waals surface area contributed by atoms with E-state index in [1.165, 1.54) is 12.1 Å². The number of rotatable bonds is 5. The monoisotopic (exact) mass is 357 g/mol. The van der Waals surface area contributed by atoms with Crippen LogP contribution in [0, 0.1) is 5.82 Å². The van der Waals surface area contributed by atoms with Crippen LogP contribution in [-0.4, -0.2) is 15.7 Å². The van der Waals surface area contributed by atoms with Crippen LogP contribution in [0.2, 0.25) is 5.02 Å². The second-order valence-electron chi connectivity index (χ2n) is 5.58. The molecule has 3 rings (SSSR count). The Balaban J connectivity index is 1.82. The molecule has 1 aromatic heterocycles. The third-order valence-corrected chi connectivity index (χ3v) is 4.19. The molecular weight excluding hydrogens is 341 g/mol. The van der Waals surface area contributed by atoms with Crippen LogP contribution >= 0.6 is 11.6 Å². The SMILES string of the molecule is CCc1c(C(=O)Nc2ccc(Cl)c(F)c2)cnn1Cc1ccccc1. The van der Waals surface area contributed by atoms with E-state index in [2.05, 4.69) is 10.4 Å². The molecule has 0 aliphatic heterocycles. The molecule has 0 spiro atoms. The van der Waals surface area contributed by atoms with Gasteiger partial charge in [-0.1, -0.05) is 48.9 Å². The Labute approximate surface area is 150 Å². The van der Waals surface area contributed by atoms with Crippen molar-refractivity contribution in [2.45, 2.75) is 19.9 Å². The molecule has 6 heteroatoms. The Morgan fingerprint density at radius 2 is 2.00 bits per heavy atom. The van der Waals surface area contributed by atoms with Gasteiger partial charge in [-0.05, 0) is 30.2 Å². The topological polar surface area (TPSA) is 46.9 Å². The van der Waals surface area contributed by atoms with Crippen molar-refractivity contribution in [3.8, 4) is 0 Å². The van der Waals surface area contributed by atoms with Crippen molar-refractivity contribution in [2.75, 3.05) is 5.32 Å². The van der Waals surface area contributed by atoms with E-state index in [-0.39, 0.29) is 10.9 Å². The molecule has 0 aliphatic carbocycles. The van der Waals surface area contributed by atoms with Gasteiger partial charge < -0.3 is 5.32 Å². The number of anilines is 1. The molecule has 4 nitrogen and oxygen atoms in total. The van der Waals surface area contributed by atoms with Gasteiger partial charge in [0.25, 0.3) is 5.91 Å². The second kappa shape index (κ2) is 7.49. The number of nitrogens with zero attached hydrogens (tertiary/aromatic N) is 2. The first-order valence-electron chi connectivity index (χ1n) is 7.93. The van der Waals surface area contributed by atoms with Gasteiger partial charge in [0.05, 0.1) is 29.0 Å². The van der Waals surface area contributed by atoms with Crippen molar-refractivity contribution in [1.82, 2.24) is 9.78 Å². The summed E-state index contributed by atoms with van der Waals surface area (Å²) in [4.78, 5) is 12.5. The van der Waals surface area contributed by atoms with Gasteiger partial charge in [-0.25, -0.2) is 4.39 Å². The lowest BCUT2D eigenvalue weighted by atomic mass is 10.1. The van der Waals surface area contributed by atoms with E-state index in [9.17, 15) is 9.18 Å². The minimum atomic E-state index is -0.574. The number of aromatic nitrogens is 2. The van der Waals surface area contributed by atoms with Crippen molar-refractivity contribution in [3.05, 3.63) is 82.4 Å². The molecule has 0 radical (unpaired) electrons. The minimum Gasteiger partial charge on any atom is -0.322 e. The van der Waals surface area contributed by atoms with Crippen molar-refractivity contribution >= 4 is 23.2 Å². The summed E-state index contributed by atoms with van der Waals surface area (Å²) in [5, 5.41) is 7.04. The Morgan fingerprint density at radius 1 is 1.24 bits per heavy atom. The first-order valence-corrected chi connectivity index (χ1v) is 8.31. The van der Waals surface area contributed by atoms with Crippen LogP contribution in [0.1, 0.15) is 28.5 Å². The standard InChI is InChI=1S/C19H17ClFN3O/c1-2-18-15(11-22-24(18)12-13-6-4-3-5-7-13)19(25)23-14-8-9-16(20)17(21)10-14/h3-11H,2,12H2,1H3,(H,23,25). The molecule has 1 amide bonds. The highest BCUT2D eigenvalue weighted by Crippen LogP contribution is 2.20. The van der Waals surface area contributed by atoms with Crippen molar-refractivity contribution in [3.63, 3.8) is 0 Å². The number of nitrogens with one attached hydrogen (secondary N) is 1. The number of carbonyl (C=O) groups is 1. The lowest BCUT2D eigenvalue weighted by Crippen LogP contribution is -2.15. The molecule has 3 aromatic rings. The number of halogens is 2. The zero-order chi connectivity index (χ0) is 17.8. The average molecular weight is 358 g/mol. The Morgan fingerprint density at radius 3 is 2.68 bits per heavy atom. The van der Waals surface area contributed by atoms with Crippen molar-refractivity contribution in [2.24, 2.45) is 0 Å². The summed E-state index contributed by atoms with van der Waals surface area (Å²) in [6, 6.07) is 14.1. The summed E-state index contributed by atoms with van der Waals surface area (Å²) in [6.45, 7) is 2.56. The predicted molar refractivity (Wildman–Crippen MR) is 96.5 cm³/mol. The van der Waals surface area contributed by atoms with Crippen LogP contribution < -0.4 is 5.32 Å². The molecule has 0 unspecified atom stereocenters. The fourth-order valence-electron chi connectivity index (χ4n) is 2.64. The highest BCUT2D eigenvalue weighted by Gasteiger charge is 2.17. The number of amides is 1. The number of benzene rings is 2. The Hall–Kier alpha value is -2.66. The van der Waals surface area contributed by atoms with Gasteiger partial charge in [0, 0.05) is 5.69 Å². The Bertz CT molecular complexity index is 893. The number of carbonyl (C=O) groups excluding carboxylic acids is 1. The van der Waals surface area contributed by atoms with E-state index >= 15 is 0 Å². The van der Waals surface area contributed by atoms with Crippen LogP contribution in [0.3, 0.4) is 0 Å². The fourth-order valence-corrected chi connectivity index (χ4v) is 2.76. The molecule has 2 aromatic carbocycles. The lowest BCUT2D eigenvalue weighted by molar-refractivity contribution is 0.102. The number of hydrogen-bond acceptors (Lipinski definition) is 2. The normalized spacial score (nSPS) is 10.7. The van der Waals surface area contributed by atoms with Gasteiger partial charge in [0.15, 0.2) is 0 Å². The molecule has 0 fully saturated rings. The molecule has 1 heterocycles. The van der Waals surface area contributed by atoms with E-state index in [1.54, 1.807) is 12.3 Å². The van der Waals surface area contributed by atoms with Crippen LogP contribution in [0.15, 0.2) is 54.7 Å². The third kappa shape index (κ3) is 3.88. The summed E-state index contributed by atoms with van der Waals surface area (Å²) >= 11 is 5.66. The molecule has 0 bridgehead atoms. The van der Waals surface area contributed by atoms with Gasteiger partial charge in [-0.3, -0.25) is 9.48 Å². The molecule has 0 atom stereocenters. The fraction of sp³-hybridized carbons (Fsp3) is 0.158. The maximum Gasteiger partial charge on any atom is 0.259 e. The summed E-state index contributed by atoms with van der Waals surface area (Å²) in [7, 11) is 0. The molecule has 128 valence electrons. The first-order chi connectivity index (χ1) is 12.1. The van der Waals surface area contributed by atoms with Gasteiger partial charge in [0.1, 0.15) is 5.82 Å². The van der Waals surface area contributed by atoms with Gasteiger partial charge in [0.2, 0.25) is 0 Å². The van der Waals surface area contributed by atoms with Gasteiger partial charge >= 0.3 is 0 Å². The summed E-state index contributed by atoms with van der Waals surface area (Å²) in [6.07, 6.45) is 2.20. The quantitative estimate of drug-likeness (QED) is 0.728. The summed E-state index contributed by atoms with van der Waals surface area (Å²) in [5.74, 6) is -0.896. The highest BCUT2D eigenvalue weighted by molar-refractivity contribution is 6.30. The largest absolute Gasteiger partial charge is 0.322 e. The molecular formula is C19H17ClFN3O. The highest BCUT2D eigenvalue weighted by atomic mass is 35.5. The van der Waals surface area contributed by atoms with Crippen LogP contribution in [0.4, 0.5) is 10.1 Å². The zero-order valence-corrected chi connectivity index (χ0v) is 14.4. The van der Waals surface area contributed by atoms with Gasteiger partial charge in [-0.15, -0.1) is 0 Å². The van der Waals surface area contributed by atoms with Gasteiger partial charge in [-0.2, -0.15) is 5.10 Å². The smallest absolute Gasteiger partial charge is 0.259 e. The second-order valence-corrected chi connectivity index (χ2v) is 5.99. The summed E-state index contributed by atoms with van der Waals surface area (Å²) in [5.41, 5.74) is 2.77. The first kappa shape index (κ1) is 17.2. The maximum atomic E-state index is 13.5. The molecule has 0 saturated carbocycles. The number of hydrogen-bond donors (Lipinski definition) is 1. The van der Waals surface area contributed by atoms with E-state index in [1.807, 2.05) is 41.9 Å². The molecule has 0 saturated heterocycles. The summed E-state index contributed by atoms with van der Waals surface area (Å²) < 4.78 is 15.3. The van der Waals surface area contributed by atoms with Crippen LogP contribution in [-0.2, 0) is 13.0 Å². The van der Waals surface area contributed by atoms with Crippen LogP contribution in [0.5, 0.6) is 0 Å². The average Bonchev–Trinajstić information content (AvgIpc) is 3.02. The third-order valence-electron chi connectivity index (χ3n) is 3.88. The van der Waals surface area contributed by atoms with Crippen molar-refractivity contribution in [1.29, 1.82) is 0 Å². The van der Waals surface area contributed by atoms with Crippen molar-refractivity contribution < 1.29 is 9.18 Å². The zero-order valence-electron chi connectivity index (χ0n) is 13.7. The lowest BCUT2D eigenvalue weighted by Gasteiger charge is -2.09. The van der Waals surface area contributed by atoms with E-state index in [0.29, 0.717) is 24.2 Å². The minimum absolute atomic E-state index is 0.0166. The Kier molecular flexibility index (Phi) is 5.14. The molecule has 25 heavy (non-hydrogen) atoms.